The molecule has 14 heterocycles. The van der Waals surface area contributed by atoms with Crippen LogP contribution in [0.25, 0.3) is 0 Å². The van der Waals surface area contributed by atoms with Crippen molar-refractivity contribution >= 4 is 0 Å². The maximum atomic E-state index is 12.4. The molecule has 17 aliphatic rings. The van der Waals surface area contributed by atoms with Gasteiger partial charge in [0.15, 0.2) is 0 Å². The molecular weight excluding hydrogens is 1840 g/mol. The first kappa shape index (κ1) is 149. The van der Waals surface area contributed by atoms with Gasteiger partial charge in [0.1, 0.15) is 12.3 Å². The van der Waals surface area contributed by atoms with Crippen molar-refractivity contribution in [3.8, 4) is 0 Å². The molecule has 13 saturated heterocycles. The summed E-state index contributed by atoms with van der Waals surface area (Å²) < 4.78 is 53.9. The molecule has 13 aliphatic heterocycles. The van der Waals surface area contributed by atoms with Gasteiger partial charge >= 0.3 is 0 Å². The number of nitrogens with one attached hydrogen (secondary N) is 6. The lowest BCUT2D eigenvalue weighted by Crippen LogP contribution is -2.45. The highest BCUT2D eigenvalue weighted by Crippen LogP contribution is 2.32. The lowest BCUT2D eigenvalue weighted by molar-refractivity contribution is -0.0947. The van der Waals surface area contributed by atoms with Gasteiger partial charge in [0.25, 0.3) is 0 Å². The van der Waals surface area contributed by atoms with Crippen LogP contribution in [0.4, 0.5) is 8.78 Å². The van der Waals surface area contributed by atoms with E-state index in [-0.39, 0.29) is 6.61 Å². The van der Waals surface area contributed by atoms with Gasteiger partial charge in [0.2, 0.25) is 0 Å². The largest absolute Gasteiger partial charge is 0.396 e. The summed E-state index contributed by atoms with van der Waals surface area (Å²) in [5, 5.41) is 27.5. The number of aromatic nitrogens is 2. The Morgan fingerprint density at radius 1 is 0.462 bits per heavy atom. The van der Waals surface area contributed by atoms with Crippen molar-refractivity contribution in [2.45, 2.75) is 309 Å². The summed E-state index contributed by atoms with van der Waals surface area (Å²) in [5.41, 5.74) is 87.1. The van der Waals surface area contributed by atoms with Gasteiger partial charge in [-0.15, -0.1) is 0 Å². The maximum absolute atomic E-state index is 12.4. The number of aliphatic hydroxyl groups excluding tert-OH is 1. The van der Waals surface area contributed by atoms with Crippen LogP contribution in [0.2, 0.25) is 0 Å². The Labute approximate surface area is 886 Å². The van der Waals surface area contributed by atoms with Crippen molar-refractivity contribution in [1.82, 2.24) is 71.3 Å². The molecule has 4 aliphatic carbocycles. The maximum Gasteiger partial charge on any atom is 0.114 e. The zero-order valence-corrected chi connectivity index (χ0v) is 95.7. The molecule has 145 heavy (non-hydrogen) atoms. The smallest absolute Gasteiger partial charge is 0.114 e. The highest BCUT2D eigenvalue weighted by atomic mass is 19.1. The molecule has 0 radical (unpaired) electrons. The molecule has 7 atom stereocenters. The van der Waals surface area contributed by atoms with Crippen LogP contribution < -0.4 is 124 Å². The Balaban J connectivity index is -0.000000720. The molecule has 0 spiro atoms. The Kier molecular flexibility index (Phi) is 111. The summed E-state index contributed by atoms with van der Waals surface area (Å²) in [6, 6.07) is 4.60. The van der Waals surface area contributed by atoms with E-state index in [0.717, 1.165) is 257 Å². The van der Waals surface area contributed by atoms with Crippen molar-refractivity contribution in [2.75, 3.05) is 324 Å². The van der Waals surface area contributed by atoms with Crippen LogP contribution in [-0.2, 0) is 35.0 Å². The number of likely N-dealkylation sites (tertiary alicyclic amines) is 3. The van der Waals surface area contributed by atoms with Gasteiger partial charge in [0, 0.05) is 231 Å². The number of likely N-dealkylation sites (N-methyl/N-ethyl adjacent to an activating group) is 2. The Bertz CT molecular complexity index is 2540. The topological polar surface area (TPSA) is 609 Å². The second-order valence-electron chi connectivity index (χ2n) is 42.1. The van der Waals surface area contributed by atoms with Crippen LogP contribution in [-0.4, -0.2) is 435 Å². The number of rotatable bonds is 18. The minimum Gasteiger partial charge on any atom is -0.396 e. The summed E-state index contributed by atoms with van der Waals surface area (Å²) in [4.78, 5) is 21.6. The number of aryl methyl sites for hydroxylation is 1. The van der Waals surface area contributed by atoms with Crippen LogP contribution >= 0.6 is 0 Å². The summed E-state index contributed by atoms with van der Waals surface area (Å²) in [7, 11) is 10.0. The van der Waals surface area contributed by atoms with Gasteiger partial charge in [0.05, 0.1) is 57.1 Å². The third kappa shape index (κ3) is 117. The first-order valence-corrected chi connectivity index (χ1v) is 56.7. The van der Waals surface area contributed by atoms with Gasteiger partial charge in [-0.1, -0.05) is 34.1 Å². The number of halogens is 2. The third-order valence-corrected chi connectivity index (χ3v) is 24.8. The van der Waals surface area contributed by atoms with E-state index in [4.69, 9.17) is 125 Å². The van der Waals surface area contributed by atoms with Crippen LogP contribution in [0.15, 0.2) is 12.4 Å². The Hall–Kier alpha value is -2.46. The number of aliphatic hydroxyl groups is 1. The standard InChI is InChI=1S/C7H15N.C6H13FN2.C6H9N3.C6H14N2O.3C6H14N2.C5H12N2.2C5H11NO.3C5H11N.C5H10O.C4H8FN.C4H12N2.C4H11NO.C4H9N.C3H7NO.C3H9NO.C3H7N.C3H9N/c1-6-4-3-5-7(2)8-6;7-6-1-3-9(5-6)4-2-8;1-5-3-9-6(2-7)4-8-5;7-1-2-8-3-5-9-6-4-8;1-8-4-2-6(7)3-5-8;1-8-5-2-3-7-4-6-8;7-3-6-8-4-1-2-5-8;1-2-6-4-5-7-3-1;1-5(2-6)3-7-4-5;6-5-1-3-7-4-2-5;1-5-2-3-6-4-5;2*1-4(6)5-2-3-5;1-2-4-6-5-3-1;5-4-1-2-6-3-4;1-6(2)4-3-5;1-6-4-2-3-5;5-3-4-1-2-4;4-3-1-5-2-3;4-2-1-3-5;4-3-1-2-3;1-3(2)4/h6-8H,3-5H2,1-2H3;6H,1-5,8H2;3-4H,2,7H2,1H3;1-7H2;6H,2-5,7H2,1H3;7H,2-6H2,1H3;1-7H2;6-7H,1-5H2;2-4,6H2,1H3;5H,1-4,6H2;5-6H,2-4H2,1H3;2*4-5H,2-3,6H2,1H3;1-5H2;4,6H,1-3H2;3-5H2,1-2H3;2-5H2,1H3;4H,1-3,5H2;3H,1-2,4H2;5H,1-4H2;3H,1-2,4H2;3H,4H2,1-2H3/t;6-;;;;;;;;;;2*4-;;4-;;;;;;;/m.0.........10.0......./s1. The van der Waals surface area contributed by atoms with E-state index in [9.17, 15) is 8.78 Å². The van der Waals surface area contributed by atoms with E-state index in [1.807, 2.05) is 34.9 Å². The van der Waals surface area contributed by atoms with Gasteiger partial charge in [-0.05, 0) is 351 Å². The quantitative estimate of drug-likeness (QED) is 0.0937. The molecule has 37 nitrogen and oxygen atoms in total. The van der Waals surface area contributed by atoms with E-state index in [0.29, 0.717) is 93.3 Å². The molecule has 0 aromatic carbocycles. The van der Waals surface area contributed by atoms with E-state index in [1.165, 1.54) is 207 Å². The number of hydrogen-bond acceptors (Lipinski definition) is 37. The average molecular weight is 2090 g/mol. The lowest BCUT2D eigenvalue weighted by Gasteiger charge is -2.36. The second kappa shape index (κ2) is 108. The van der Waals surface area contributed by atoms with Gasteiger partial charge < -0.3 is 177 Å². The molecule has 872 valence electrons. The summed E-state index contributed by atoms with van der Waals surface area (Å²) in [5.74, 6) is 3.61. The monoisotopic (exact) mass is 2090 g/mol. The molecule has 0 amide bonds. The third-order valence-electron chi connectivity index (χ3n) is 24.8. The number of methoxy groups -OCH3 is 1. The molecule has 0 bridgehead atoms. The van der Waals surface area contributed by atoms with Crippen LogP contribution in [0.3, 0.4) is 0 Å². The molecule has 4 saturated carbocycles. The molecule has 17 fully saturated rings. The van der Waals surface area contributed by atoms with E-state index in [2.05, 4.69) is 127 Å². The fourth-order valence-electron chi connectivity index (χ4n) is 14.0. The van der Waals surface area contributed by atoms with Crippen LogP contribution in [0.1, 0.15) is 240 Å². The van der Waals surface area contributed by atoms with Gasteiger partial charge in [-0.2, -0.15) is 0 Å². The predicted octanol–water partition coefficient (Wildman–Crippen LogP) is 3.30. The molecular formula is C106H242F2N30O7. The normalized spacial score (nSPS) is 23.5. The van der Waals surface area contributed by atoms with E-state index in [1.54, 1.807) is 19.5 Å². The van der Waals surface area contributed by atoms with Crippen molar-refractivity contribution in [2.24, 2.45) is 121 Å². The number of piperidine rings is 2. The van der Waals surface area contributed by atoms with Crippen LogP contribution in [0, 0.1) is 36.0 Å². The molecule has 39 N–H and O–H groups in total. The van der Waals surface area contributed by atoms with E-state index >= 15 is 0 Å². The number of nitrogens with zero attached hydrogens (tertiary/aromatic N) is 8. The first-order valence-electron chi connectivity index (χ1n) is 56.7. The summed E-state index contributed by atoms with van der Waals surface area (Å²) in [6.45, 7) is 60.9. The first-order chi connectivity index (χ1) is 69.6. The number of ether oxygens (including phenoxy) is 6. The average Bonchev–Trinajstić information content (AvgIpc) is 1.01. The molecule has 18 rings (SSSR count). The van der Waals surface area contributed by atoms with Crippen LogP contribution in [0.5, 0.6) is 0 Å². The summed E-state index contributed by atoms with van der Waals surface area (Å²) in [6.07, 6.45) is 35.3. The molecule has 1 aromatic heterocycles. The van der Waals surface area contributed by atoms with Crippen molar-refractivity contribution in [3.05, 3.63) is 23.8 Å². The Morgan fingerprint density at radius 3 is 1.21 bits per heavy atom. The van der Waals surface area contributed by atoms with Crippen molar-refractivity contribution in [1.29, 1.82) is 0 Å². The van der Waals surface area contributed by atoms with E-state index < -0.39 is 12.3 Å². The SMILES string of the molecule is C1CCOCC1.C1CNCCNC1.CC(C)N.CC1(CN)COC1.CC1CCCC(C)N1.CC1CCNC1.CN(C)CCN.CN1CCC(N)CC1.CN1CCCNCC1.COCCCN.C[C@@H](N)C1CC1.C[C@H](N)C1CC1.Cc1cnc(CN)cn1.F[C@H]1CCNC1.NC1CC1.NC1CCOCC1.NC1COC1.NCC1CC1.NCCCO.NCCN1CCCC1.NCCN1CCOCC1.NCCN1CC[C@H](F)C1. The number of morpholine rings is 1. The Morgan fingerprint density at radius 2 is 0.945 bits per heavy atom. The van der Waals surface area contributed by atoms with Gasteiger partial charge in [-0.25, -0.2) is 8.78 Å². The number of hydrogen-bond donors (Lipinski definition) is 23. The fourth-order valence-corrected chi connectivity index (χ4v) is 14.0. The second-order valence-corrected chi connectivity index (χ2v) is 42.1. The lowest BCUT2D eigenvalue weighted by atomic mass is 9.89. The fraction of sp³-hybridized carbons (Fsp3) is 0.962. The zero-order chi connectivity index (χ0) is 109. The molecule has 1 aromatic rings. The predicted molar refractivity (Wildman–Crippen MR) is 610 cm³/mol. The number of nitrogens with two attached hydrogens (primary N) is 16. The highest BCUT2D eigenvalue weighted by Gasteiger charge is 2.31. The zero-order valence-electron chi connectivity index (χ0n) is 95.7. The molecule has 3 unspecified atom stereocenters. The van der Waals surface area contributed by atoms with Crippen molar-refractivity contribution in [3.63, 3.8) is 0 Å². The minimum absolute atomic E-state index is 0.219. The minimum atomic E-state index is -0.600. The van der Waals surface area contributed by atoms with Gasteiger partial charge in [-0.3, -0.25) is 19.8 Å². The number of alkyl halides is 2. The summed E-state index contributed by atoms with van der Waals surface area (Å²) >= 11 is 0. The highest BCUT2D eigenvalue weighted by molar-refractivity contribution is 4.99. The van der Waals surface area contributed by atoms with Crippen molar-refractivity contribution < 1.29 is 42.3 Å². The molecule has 39 heteroatoms.